The maximum absolute atomic E-state index is 4.29. The lowest BCUT2D eigenvalue weighted by Gasteiger charge is -2.36. The van der Waals surface area contributed by atoms with Gasteiger partial charge in [0.2, 0.25) is 0 Å². The van der Waals surface area contributed by atoms with E-state index in [2.05, 4.69) is 96.6 Å². The van der Waals surface area contributed by atoms with E-state index in [0.29, 0.717) is 0 Å². The minimum Gasteiger partial charge on any atom is -0.382 e. The lowest BCUT2D eigenvalue weighted by molar-refractivity contribution is 0.313. The second-order valence-electron chi connectivity index (χ2n) is 6.82. The van der Waals surface area contributed by atoms with E-state index in [4.69, 9.17) is 0 Å². The molecule has 0 unspecified atom stereocenters. The number of anilines is 1. The lowest BCUT2D eigenvalue weighted by atomic mass is 10.0. The monoisotopic (exact) mass is 359 g/mol. The molecule has 0 atom stereocenters. The third kappa shape index (κ3) is 4.82. The molecule has 27 heavy (non-hydrogen) atoms. The quantitative estimate of drug-likeness (QED) is 0.765. The summed E-state index contributed by atoms with van der Waals surface area (Å²) in [5.41, 5.74) is 7.24. The first-order chi connectivity index (χ1) is 13.2. The van der Waals surface area contributed by atoms with Crippen molar-refractivity contribution in [3.8, 4) is 0 Å². The summed E-state index contributed by atoms with van der Waals surface area (Å²) in [6.07, 6.45) is 2.20. The zero-order valence-corrected chi connectivity index (χ0v) is 16.3. The summed E-state index contributed by atoms with van der Waals surface area (Å²) < 4.78 is 0. The molecule has 3 nitrogen and oxygen atoms in total. The summed E-state index contributed by atoms with van der Waals surface area (Å²) in [4.78, 5) is 2.44. The van der Waals surface area contributed by atoms with Crippen LogP contribution >= 0.6 is 0 Å². The van der Waals surface area contributed by atoms with Crippen LogP contribution in [0.1, 0.15) is 19.4 Å². The molecular formula is C24H29N3. The number of nitrogens with one attached hydrogen (secondary N) is 2. The highest BCUT2D eigenvalue weighted by Crippen LogP contribution is 2.26. The van der Waals surface area contributed by atoms with Crippen LogP contribution in [-0.4, -0.2) is 24.5 Å². The number of para-hydroxylation sites is 1. The molecule has 0 spiro atoms. The predicted octanol–water partition coefficient (Wildman–Crippen LogP) is 4.94. The van der Waals surface area contributed by atoms with E-state index in [9.17, 15) is 0 Å². The molecule has 3 rings (SSSR count). The molecule has 0 bridgehead atoms. The molecule has 2 aromatic carbocycles. The molecular weight excluding hydrogens is 330 g/mol. The first-order valence-electron chi connectivity index (χ1n) is 9.56. The van der Waals surface area contributed by atoms with Gasteiger partial charge in [-0.2, -0.15) is 0 Å². The predicted molar refractivity (Wildman–Crippen MR) is 115 cm³/mol. The number of allylic oxidation sites excluding steroid dienone is 1. The van der Waals surface area contributed by atoms with E-state index < -0.39 is 0 Å². The molecule has 2 aromatic rings. The third-order valence-corrected chi connectivity index (χ3v) is 4.98. The smallest absolute Gasteiger partial charge is 0.0632 e. The van der Waals surface area contributed by atoms with Crippen LogP contribution in [0.15, 0.2) is 95.9 Å². The zero-order chi connectivity index (χ0) is 19.1. The Bertz CT molecular complexity index is 819. The highest BCUT2D eigenvalue weighted by atomic mass is 15.2. The van der Waals surface area contributed by atoms with Crippen LogP contribution in [0, 0.1) is 0 Å². The number of hydrogen-bond acceptors (Lipinski definition) is 3. The van der Waals surface area contributed by atoms with Gasteiger partial charge in [-0.15, -0.1) is 0 Å². The van der Waals surface area contributed by atoms with Crippen molar-refractivity contribution in [1.29, 1.82) is 0 Å². The summed E-state index contributed by atoms with van der Waals surface area (Å²) in [6, 6.07) is 21.0. The topological polar surface area (TPSA) is 27.3 Å². The number of hydrogen-bond donors (Lipinski definition) is 2. The van der Waals surface area contributed by atoms with Gasteiger partial charge in [-0.1, -0.05) is 61.2 Å². The Hall–Kier alpha value is -2.94. The number of rotatable bonds is 6. The average Bonchev–Trinajstić information content (AvgIpc) is 2.70. The Morgan fingerprint density at radius 3 is 2.44 bits per heavy atom. The van der Waals surface area contributed by atoms with Gasteiger partial charge >= 0.3 is 0 Å². The number of benzene rings is 2. The molecule has 1 aliphatic rings. The van der Waals surface area contributed by atoms with Crippen molar-refractivity contribution >= 4 is 5.69 Å². The molecule has 1 aliphatic heterocycles. The van der Waals surface area contributed by atoms with E-state index in [1.807, 2.05) is 6.07 Å². The number of nitrogens with zero attached hydrogens (tertiary/aromatic N) is 1. The third-order valence-electron chi connectivity index (χ3n) is 4.98. The van der Waals surface area contributed by atoms with Gasteiger partial charge in [-0.3, -0.25) is 0 Å². The molecule has 0 aromatic heterocycles. The Kier molecular flexibility index (Phi) is 6.37. The largest absolute Gasteiger partial charge is 0.382 e. The van der Waals surface area contributed by atoms with Crippen molar-refractivity contribution in [2.24, 2.45) is 0 Å². The van der Waals surface area contributed by atoms with Gasteiger partial charge in [-0.05, 0) is 42.7 Å². The highest BCUT2D eigenvalue weighted by molar-refractivity contribution is 5.48. The molecule has 1 saturated heterocycles. The Morgan fingerprint density at radius 2 is 1.78 bits per heavy atom. The van der Waals surface area contributed by atoms with Crippen LogP contribution in [0.3, 0.4) is 0 Å². The summed E-state index contributed by atoms with van der Waals surface area (Å²) >= 11 is 0. The number of piperazine rings is 1. The maximum atomic E-state index is 4.29. The lowest BCUT2D eigenvalue weighted by Crippen LogP contribution is -2.40. The van der Waals surface area contributed by atoms with E-state index >= 15 is 0 Å². The SMILES string of the molecule is C=C1NCCN(Cc2ccccc2)/C1=C(C)/C(=C\C)CNc1ccccc1. The van der Waals surface area contributed by atoms with Crippen molar-refractivity contribution in [2.45, 2.75) is 20.4 Å². The minimum absolute atomic E-state index is 0.794. The van der Waals surface area contributed by atoms with Gasteiger partial charge in [0.25, 0.3) is 0 Å². The molecule has 0 aliphatic carbocycles. The second kappa shape index (κ2) is 9.13. The van der Waals surface area contributed by atoms with Crippen LogP contribution in [0.5, 0.6) is 0 Å². The first-order valence-corrected chi connectivity index (χ1v) is 9.56. The molecule has 1 fully saturated rings. The van der Waals surface area contributed by atoms with Crippen LogP contribution in [0.25, 0.3) is 0 Å². The van der Waals surface area contributed by atoms with Crippen molar-refractivity contribution < 1.29 is 0 Å². The summed E-state index contributed by atoms with van der Waals surface area (Å²) in [5.74, 6) is 0. The fraction of sp³-hybridized carbons (Fsp3) is 0.250. The molecule has 3 heteroatoms. The highest BCUT2D eigenvalue weighted by Gasteiger charge is 2.21. The fourth-order valence-electron chi connectivity index (χ4n) is 3.51. The van der Waals surface area contributed by atoms with E-state index in [1.165, 1.54) is 22.4 Å². The summed E-state index contributed by atoms with van der Waals surface area (Å²) in [6.45, 7) is 12.2. The fourth-order valence-corrected chi connectivity index (χ4v) is 3.51. The summed E-state index contributed by atoms with van der Waals surface area (Å²) in [7, 11) is 0. The molecule has 140 valence electrons. The van der Waals surface area contributed by atoms with Crippen molar-refractivity contribution in [1.82, 2.24) is 10.2 Å². The molecule has 0 radical (unpaired) electrons. The van der Waals surface area contributed by atoms with Gasteiger partial charge < -0.3 is 15.5 Å². The van der Waals surface area contributed by atoms with E-state index in [0.717, 1.165) is 37.6 Å². The van der Waals surface area contributed by atoms with Crippen LogP contribution in [0.2, 0.25) is 0 Å². The van der Waals surface area contributed by atoms with Crippen LogP contribution in [-0.2, 0) is 6.54 Å². The summed E-state index contributed by atoms with van der Waals surface area (Å²) in [5, 5.41) is 6.96. The van der Waals surface area contributed by atoms with Gasteiger partial charge in [-0.25, -0.2) is 0 Å². The molecule has 2 N–H and O–H groups in total. The van der Waals surface area contributed by atoms with Gasteiger partial charge in [0.1, 0.15) is 0 Å². The van der Waals surface area contributed by atoms with Gasteiger partial charge in [0, 0.05) is 31.9 Å². The average molecular weight is 360 g/mol. The van der Waals surface area contributed by atoms with Gasteiger partial charge in [0.05, 0.1) is 11.4 Å². The Labute approximate surface area is 163 Å². The van der Waals surface area contributed by atoms with Crippen LogP contribution < -0.4 is 10.6 Å². The van der Waals surface area contributed by atoms with Crippen LogP contribution in [0.4, 0.5) is 5.69 Å². The van der Waals surface area contributed by atoms with Crippen molar-refractivity contribution in [2.75, 3.05) is 25.0 Å². The van der Waals surface area contributed by atoms with Crippen molar-refractivity contribution in [3.63, 3.8) is 0 Å². The van der Waals surface area contributed by atoms with Gasteiger partial charge in [0.15, 0.2) is 0 Å². The van der Waals surface area contributed by atoms with E-state index in [-0.39, 0.29) is 0 Å². The zero-order valence-electron chi connectivity index (χ0n) is 16.3. The Balaban J connectivity index is 1.82. The first kappa shape index (κ1) is 18.8. The molecule has 1 heterocycles. The minimum atomic E-state index is 0.794. The standard InChI is InChI=1S/C24H29N3/c1-4-22(17-26-23-13-9-6-10-14-23)19(2)24-20(3)25-15-16-27(24)18-21-11-7-5-8-12-21/h4-14,25-26H,3,15-18H2,1-2H3/b22-4-,24-19+. The normalized spacial score (nSPS) is 16.7. The molecule has 0 amide bonds. The Morgan fingerprint density at radius 1 is 1.11 bits per heavy atom. The van der Waals surface area contributed by atoms with Crippen molar-refractivity contribution in [3.05, 3.63) is 101 Å². The second-order valence-corrected chi connectivity index (χ2v) is 6.82. The molecule has 0 saturated carbocycles. The van der Waals surface area contributed by atoms with E-state index in [1.54, 1.807) is 0 Å². The maximum Gasteiger partial charge on any atom is 0.0632 e.